The van der Waals surface area contributed by atoms with Crippen molar-refractivity contribution in [3.8, 4) is 11.8 Å². The molecule has 1 radical (unpaired) electrons. The predicted octanol–water partition coefficient (Wildman–Crippen LogP) is 1.50. The molecular formula is C9H8NO2. The summed E-state index contributed by atoms with van der Waals surface area (Å²) < 4.78 is 4.92. The van der Waals surface area contributed by atoms with Gasteiger partial charge in [-0.2, -0.15) is 5.26 Å². The Morgan fingerprint density at radius 1 is 1.58 bits per heavy atom. The molecule has 0 bridgehead atoms. The molecule has 0 atom stereocenters. The Balaban J connectivity index is 3.13. The Bertz CT molecular complexity index is 315. The van der Waals surface area contributed by atoms with Crippen molar-refractivity contribution in [3.63, 3.8) is 0 Å². The van der Waals surface area contributed by atoms with E-state index in [4.69, 9.17) is 10.00 Å². The fourth-order valence-corrected chi connectivity index (χ4v) is 0.918. The highest BCUT2D eigenvalue weighted by atomic mass is 16.5. The largest absolute Gasteiger partial charge is 0.495 e. The zero-order chi connectivity index (χ0) is 8.97. The van der Waals surface area contributed by atoms with Crippen LogP contribution in [0, 0.1) is 11.3 Å². The number of ether oxygens (including phenoxy) is 1. The van der Waals surface area contributed by atoms with E-state index in [1.807, 2.05) is 6.07 Å². The number of nitriles is 1. The molecule has 0 saturated carbocycles. The SMILES string of the molecule is COc1cc(C[O])ccc1C#N. The highest BCUT2D eigenvalue weighted by Crippen LogP contribution is 2.18. The summed E-state index contributed by atoms with van der Waals surface area (Å²) in [5.41, 5.74) is 1.08. The van der Waals surface area contributed by atoms with Gasteiger partial charge in [-0.05, 0) is 17.7 Å². The molecule has 0 unspecified atom stereocenters. The molecule has 3 heteroatoms. The number of hydrogen-bond acceptors (Lipinski definition) is 2. The fraction of sp³-hybridized carbons (Fsp3) is 0.222. The molecule has 0 fully saturated rings. The number of methoxy groups -OCH3 is 1. The molecule has 0 aliphatic carbocycles. The van der Waals surface area contributed by atoms with Crippen LogP contribution in [0.15, 0.2) is 18.2 Å². The maximum atomic E-state index is 10.5. The topological polar surface area (TPSA) is 52.9 Å². The summed E-state index contributed by atoms with van der Waals surface area (Å²) in [6.07, 6.45) is 0. The zero-order valence-electron chi connectivity index (χ0n) is 6.70. The molecule has 12 heavy (non-hydrogen) atoms. The van der Waals surface area contributed by atoms with E-state index in [9.17, 15) is 5.11 Å². The standard InChI is InChI=1S/C9H8NO2/c1-12-9-4-7(6-11)2-3-8(9)5-10/h2-4H,6H2,1H3. The minimum atomic E-state index is -0.290. The summed E-state index contributed by atoms with van der Waals surface area (Å²) >= 11 is 0. The third-order valence-corrected chi connectivity index (χ3v) is 1.55. The summed E-state index contributed by atoms with van der Waals surface area (Å²) in [7, 11) is 1.48. The average Bonchev–Trinajstić information content (AvgIpc) is 2.16. The molecule has 0 aliphatic rings. The smallest absolute Gasteiger partial charge is 0.136 e. The van der Waals surface area contributed by atoms with Crippen molar-refractivity contribution in [2.24, 2.45) is 0 Å². The lowest BCUT2D eigenvalue weighted by Crippen LogP contribution is -1.90. The quantitative estimate of drug-likeness (QED) is 0.661. The molecule has 0 N–H and O–H groups in total. The minimum absolute atomic E-state index is 0.290. The van der Waals surface area contributed by atoms with E-state index in [1.54, 1.807) is 18.2 Å². The van der Waals surface area contributed by atoms with Gasteiger partial charge < -0.3 is 4.74 Å². The van der Waals surface area contributed by atoms with Gasteiger partial charge in [-0.15, -0.1) is 0 Å². The number of benzene rings is 1. The lowest BCUT2D eigenvalue weighted by Gasteiger charge is -2.02. The van der Waals surface area contributed by atoms with Crippen molar-refractivity contribution in [1.82, 2.24) is 0 Å². The van der Waals surface area contributed by atoms with Gasteiger partial charge in [0.15, 0.2) is 0 Å². The average molecular weight is 162 g/mol. The van der Waals surface area contributed by atoms with Crippen LogP contribution in [0.3, 0.4) is 0 Å². The van der Waals surface area contributed by atoms with Crippen molar-refractivity contribution in [1.29, 1.82) is 5.26 Å². The third kappa shape index (κ3) is 1.55. The third-order valence-electron chi connectivity index (χ3n) is 1.55. The maximum Gasteiger partial charge on any atom is 0.136 e. The van der Waals surface area contributed by atoms with Crippen molar-refractivity contribution in [2.75, 3.05) is 7.11 Å². The van der Waals surface area contributed by atoms with Crippen LogP contribution in [-0.2, 0) is 11.7 Å². The van der Waals surface area contributed by atoms with Crippen LogP contribution in [0.1, 0.15) is 11.1 Å². The summed E-state index contributed by atoms with van der Waals surface area (Å²) in [6.45, 7) is -0.290. The van der Waals surface area contributed by atoms with Gasteiger partial charge in [-0.25, -0.2) is 5.11 Å². The summed E-state index contributed by atoms with van der Waals surface area (Å²) in [5, 5.41) is 19.1. The Labute approximate surface area is 70.8 Å². The lowest BCUT2D eigenvalue weighted by molar-refractivity contribution is 0.177. The first kappa shape index (κ1) is 8.57. The Kier molecular flexibility index (Phi) is 2.67. The number of hydrogen-bond donors (Lipinski definition) is 0. The first-order chi connectivity index (χ1) is 5.81. The lowest BCUT2D eigenvalue weighted by atomic mass is 10.1. The highest BCUT2D eigenvalue weighted by molar-refractivity contribution is 5.45. The molecule has 3 nitrogen and oxygen atoms in total. The van der Waals surface area contributed by atoms with Crippen molar-refractivity contribution >= 4 is 0 Å². The van der Waals surface area contributed by atoms with Crippen LogP contribution in [0.25, 0.3) is 0 Å². The molecule has 0 amide bonds. The normalized spacial score (nSPS) is 9.08. The van der Waals surface area contributed by atoms with Crippen LogP contribution < -0.4 is 4.74 Å². The van der Waals surface area contributed by atoms with Crippen LogP contribution in [-0.4, -0.2) is 7.11 Å². The monoisotopic (exact) mass is 162 g/mol. The number of nitrogens with zero attached hydrogens (tertiary/aromatic N) is 1. The van der Waals surface area contributed by atoms with Gasteiger partial charge in [-0.3, -0.25) is 0 Å². The summed E-state index contributed by atoms with van der Waals surface area (Å²) in [4.78, 5) is 0. The highest BCUT2D eigenvalue weighted by Gasteiger charge is 2.02. The second-order valence-electron chi connectivity index (χ2n) is 2.29. The Morgan fingerprint density at radius 2 is 2.33 bits per heavy atom. The summed E-state index contributed by atoms with van der Waals surface area (Å²) in [5.74, 6) is 0.464. The molecule has 1 rings (SSSR count). The molecule has 0 spiro atoms. The van der Waals surface area contributed by atoms with Crippen LogP contribution in [0.2, 0.25) is 0 Å². The first-order valence-corrected chi connectivity index (χ1v) is 3.47. The van der Waals surface area contributed by atoms with Gasteiger partial charge in [0, 0.05) is 0 Å². The predicted molar refractivity (Wildman–Crippen MR) is 42.1 cm³/mol. The molecule has 61 valence electrons. The molecule has 1 aromatic rings. The van der Waals surface area contributed by atoms with Gasteiger partial charge in [0.05, 0.1) is 12.7 Å². The fourth-order valence-electron chi connectivity index (χ4n) is 0.918. The van der Waals surface area contributed by atoms with E-state index in [0.29, 0.717) is 16.9 Å². The van der Waals surface area contributed by atoms with E-state index in [2.05, 4.69) is 0 Å². The first-order valence-electron chi connectivity index (χ1n) is 3.47. The van der Waals surface area contributed by atoms with Gasteiger partial charge in [-0.1, -0.05) is 6.07 Å². The van der Waals surface area contributed by atoms with E-state index >= 15 is 0 Å². The van der Waals surface area contributed by atoms with Crippen molar-refractivity contribution < 1.29 is 9.84 Å². The van der Waals surface area contributed by atoms with Crippen molar-refractivity contribution in [2.45, 2.75) is 6.61 Å². The zero-order valence-corrected chi connectivity index (χ0v) is 6.70. The van der Waals surface area contributed by atoms with E-state index in [1.165, 1.54) is 7.11 Å². The summed E-state index contributed by atoms with van der Waals surface area (Å²) in [6, 6.07) is 6.78. The molecule has 0 aliphatic heterocycles. The molecule has 1 aromatic carbocycles. The second-order valence-corrected chi connectivity index (χ2v) is 2.29. The second kappa shape index (κ2) is 3.74. The minimum Gasteiger partial charge on any atom is -0.495 e. The van der Waals surface area contributed by atoms with Gasteiger partial charge in [0.2, 0.25) is 0 Å². The van der Waals surface area contributed by atoms with Gasteiger partial charge in [0.1, 0.15) is 18.4 Å². The van der Waals surface area contributed by atoms with Crippen LogP contribution in [0.4, 0.5) is 0 Å². The van der Waals surface area contributed by atoms with Crippen LogP contribution in [0.5, 0.6) is 5.75 Å². The van der Waals surface area contributed by atoms with Crippen LogP contribution >= 0.6 is 0 Å². The van der Waals surface area contributed by atoms with E-state index in [-0.39, 0.29) is 6.61 Å². The molecule has 0 aromatic heterocycles. The van der Waals surface area contributed by atoms with E-state index in [0.717, 1.165) is 0 Å². The molecule has 0 saturated heterocycles. The van der Waals surface area contributed by atoms with Gasteiger partial charge >= 0.3 is 0 Å². The number of rotatable bonds is 2. The Morgan fingerprint density at radius 3 is 2.83 bits per heavy atom. The van der Waals surface area contributed by atoms with E-state index < -0.39 is 0 Å². The van der Waals surface area contributed by atoms with Crippen molar-refractivity contribution in [3.05, 3.63) is 29.3 Å². The molecular weight excluding hydrogens is 154 g/mol. The Hall–Kier alpha value is -1.53. The molecule has 0 heterocycles. The van der Waals surface area contributed by atoms with Gasteiger partial charge in [0.25, 0.3) is 0 Å². The maximum absolute atomic E-state index is 10.5.